The number of aliphatic imine (C=N–C) groups is 1. The van der Waals surface area contributed by atoms with Gasteiger partial charge in [0.05, 0.1) is 0 Å². The lowest BCUT2D eigenvalue weighted by Gasteiger charge is -2.30. The van der Waals surface area contributed by atoms with Crippen LogP contribution in [-0.2, 0) is 6.54 Å². The predicted octanol–water partition coefficient (Wildman–Crippen LogP) is 2.55. The topological polar surface area (TPSA) is 55.8 Å². The minimum atomic E-state index is 0. The van der Waals surface area contributed by atoms with Gasteiger partial charge < -0.3 is 15.5 Å². The van der Waals surface area contributed by atoms with Crippen LogP contribution in [0.2, 0.25) is 0 Å². The zero-order valence-corrected chi connectivity index (χ0v) is 19.0. The van der Waals surface area contributed by atoms with Crippen molar-refractivity contribution in [2.45, 2.75) is 46.3 Å². The second-order valence-corrected chi connectivity index (χ2v) is 6.69. The molecule has 0 spiro atoms. The minimum absolute atomic E-state index is 0. The highest BCUT2D eigenvalue weighted by atomic mass is 127. The Hall–Kier alpha value is -1.09. The van der Waals surface area contributed by atoms with Gasteiger partial charge in [0.25, 0.3) is 0 Å². The molecule has 0 saturated carbocycles. The van der Waals surface area contributed by atoms with E-state index in [1.54, 1.807) is 7.05 Å². The van der Waals surface area contributed by atoms with E-state index < -0.39 is 0 Å². The standard InChI is InChI=1S/C18H34N6.HI/c1-14(2)24(15(3)4)11-10-21-18(19-5)22-13-16-8-9-20-17(12-16)23(6)7;/h8-9,12,14-15H,10-11,13H2,1-7H3,(H2,19,21,22);1H. The molecule has 1 aromatic heterocycles. The van der Waals surface area contributed by atoms with Crippen molar-refractivity contribution in [3.63, 3.8) is 0 Å². The summed E-state index contributed by atoms with van der Waals surface area (Å²) in [5.74, 6) is 1.78. The largest absolute Gasteiger partial charge is 0.363 e. The molecule has 0 amide bonds. The fourth-order valence-corrected chi connectivity index (χ4v) is 2.64. The summed E-state index contributed by atoms with van der Waals surface area (Å²) in [5.41, 5.74) is 1.18. The fourth-order valence-electron chi connectivity index (χ4n) is 2.64. The number of halogens is 1. The molecule has 0 aliphatic rings. The van der Waals surface area contributed by atoms with Crippen molar-refractivity contribution in [1.29, 1.82) is 0 Å². The molecular weight excluding hydrogens is 427 g/mol. The number of rotatable bonds is 8. The van der Waals surface area contributed by atoms with Crippen LogP contribution in [0.25, 0.3) is 0 Å². The van der Waals surface area contributed by atoms with Crippen LogP contribution in [0.3, 0.4) is 0 Å². The monoisotopic (exact) mass is 462 g/mol. The average Bonchev–Trinajstić information content (AvgIpc) is 2.53. The van der Waals surface area contributed by atoms with E-state index in [1.807, 2.05) is 31.3 Å². The van der Waals surface area contributed by atoms with E-state index in [1.165, 1.54) is 5.56 Å². The molecule has 1 aromatic rings. The first-order valence-electron chi connectivity index (χ1n) is 8.67. The smallest absolute Gasteiger partial charge is 0.191 e. The number of hydrogen-bond acceptors (Lipinski definition) is 4. The van der Waals surface area contributed by atoms with Crippen LogP contribution in [0.5, 0.6) is 0 Å². The molecule has 0 atom stereocenters. The van der Waals surface area contributed by atoms with E-state index in [2.05, 4.69) is 59.3 Å². The van der Waals surface area contributed by atoms with Gasteiger partial charge in [0.1, 0.15) is 5.82 Å². The molecule has 144 valence electrons. The number of nitrogens with one attached hydrogen (secondary N) is 2. The number of nitrogens with zero attached hydrogens (tertiary/aromatic N) is 4. The second-order valence-electron chi connectivity index (χ2n) is 6.69. The van der Waals surface area contributed by atoms with Crippen molar-refractivity contribution < 1.29 is 0 Å². The van der Waals surface area contributed by atoms with Crippen molar-refractivity contribution in [2.24, 2.45) is 4.99 Å². The van der Waals surface area contributed by atoms with E-state index in [4.69, 9.17) is 0 Å². The molecule has 0 unspecified atom stereocenters. The predicted molar refractivity (Wildman–Crippen MR) is 119 cm³/mol. The van der Waals surface area contributed by atoms with E-state index in [-0.39, 0.29) is 24.0 Å². The Balaban J connectivity index is 0.00000576. The summed E-state index contributed by atoms with van der Waals surface area (Å²) in [6.45, 7) is 11.5. The Labute approximate surface area is 170 Å². The van der Waals surface area contributed by atoms with Crippen molar-refractivity contribution in [2.75, 3.05) is 39.1 Å². The van der Waals surface area contributed by atoms with Crippen LogP contribution in [0, 0.1) is 0 Å². The first kappa shape index (κ1) is 23.9. The Kier molecular flexibility index (Phi) is 11.8. The van der Waals surface area contributed by atoms with Crippen LogP contribution < -0.4 is 15.5 Å². The van der Waals surface area contributed by atoms with Crippen molar-refractivity contribution in [1.82, 2.24) is 20.5 Å². The van der Waals surface area contributed by atoms with Crippen LogP contribution in [-0.4, -0.2) is 62.2 Å². The van der Waals surface area contributed by atoms with Crippen LogP contribution in [0.15, 0.2) is 23.3 Å². The Morgan fingerprint density at radius 3 is 2.32 bits per heavy atom. The molecule has 0 aliphatic carbocycles. The van der Waals surface area contributed by atoms with Gasteiger partial charge in [-0.25, -0.2) is 4.98 Å². The highest BCUT2D eigenvalue weighted by Gasteiger charge is 2.12. The molecule has 0 aliphatic heterocycles. The van der Waals surface area contributed by atoms with Gasteiger partial charge in [0, 0.05) is 59.1 Å². The third-order valence-corrected chi connectivity index (χ3v) is 3.94. The molecule has 0 aromatic carbocycles. The van der Waals surface area contributed by atoms with E-state index in [0.29, 0.717) is 12.1 Å². The minimum Gasteiger partial charge on any atom is -0.363 e. The van der Waals surface area contributed by atoms with Crippen molar-refractivity contribution in [3.05, 3.63) is 23.9 Å². The summed E-state index contributed by atoms with van der Waals surface area (Å²) in [5, 5.41) is 6.75. The lowest BCUT2D eigenvalue weighted by Crippen LogP contribution is -2.45. The second kappa shape index (κ2) is 12.3. The Morgan fingerprint density at radius 1 is 1.16 bits per heavy atom. The zero-order chi connectivity index (χ0) is 18.1. The van der Waals surface area contributed by atoms with Crippen LogP contribution in [0.4, 0.5) is 5.82 Å². The maximum Gasteiger partial charge on any atom is 0.191 e. The first-order chi connectivity index (χ1) is 11.3. The lowest BCUT2D eigenvalue weighted by molar-refractivity contribution is 0.178. The number of hydrogen-bond donors (Lipinski definition) is 2. The van der Waals surface area contributed by atoms with Gasteiger partial charge in [-0.1, -0.05) is 0 Å². The van der Waals surface area contributed by atoms with Crippen molar-refractivity contribution >= 4 is 35.8 Å². The van der Waals surface area contributed by atoms with Gasteiger partial charge in [0.15, 0.2) is 5.96 Å². The maximum atomic E-state index is 4.33. The van der Waals surface area contributed by atoms with Gasteiger partial charge in [-0.15, -0.1) is 24.0 Å². The number of anilines is 1. The molecule has 0 fully saturated rings. The summed E-state index contributed by atoms with van der Waals surface area (Å²) in [4.78, 5) is 13.1. The summed E-state index contributed by atoms with van der Waals surface area (Å²) < 4.78 is 0. The average molecular weight is 462 g/mol. The highest BCUT2D eigenvalue weighted by Crippen LogP contribution is 2.09. The van der Waals surface area contributed by atoms with Crippen LogP contribution >= 0.6 is 24.0 Å². The quantitative estimate of drug-likeness (QED) is 0.354. The lowest BCUT2D eigenvalue weighted by atomic mass is 10.2. The molecular formula is C18H35IN6. The van der Waals surface area contributed by atoms with Gasteiger partial charge in [-0.2, -0.15) is 0 Å². The summed E-state index contributed by atoms with van der Waals surface area (Å²) >= 11 is 0. The van der Waals surface area contributed by atoms with Crippen LogP contribution in [0.1, 0.15) is 33.3 Å². The molecule has 0 saturated heterocycles. The molecule has 2 N–H and O–H groups in total. The van der Waals surface area contributed by atoms with E-state index in [9.17, 15) is 0 Å². The van der Waals surface area contributed by atoms with Gasteiger partial charge >= 0.3 is 0 Å². The molecule has 1 rings (SSSR count). The maximum absolute atomic E-state index is 4.33. The Morgan fingerprint density at radius 2 is 1.80 bits per heavy atom. The van der Waals surface area contributed by atoms with E-state index in [0.717, 1.165) is 31.4 Å². The van der Waals surface area contributed by atoms with Gasteiger partial charge in [-0.3, -0.25) is 9.89 Å². The summed E-state index contributed by atoms with van der Waals surface area (Å²) in [6, 6.07) is 5.19. The van der Waals surface area contributed by atoms with Gasteiger partial charge in [-0.05, 0) is 45.4 Å². The third-order valence-electron chi connectivity index (χ3n) is 3.94. The molecule has 7 heteroatoms. The number of aromatic nitrogens is 1. The Bertz CT molecular complexity index is 508. The third kappa shape index (κ3) is 8.71. The summed E-state index contributed by atoms with van der Waals surface area (Å²) in [7, 11) is 5.79. The molecule has 1 heterocycles. The zero-order valence-electron chi connectivity index (χ0n) is 16.7. The first-order valence-corrected chi connectivity index (χ1v) is 8.67. The normalized spacial score (nSPS) is 11.7. The van der Waals surface area contributed by atoms with E-state index >= 15 is 0 Å². The van der Waals surface area contributed by atoms with Gasteiger partial charge in [0.2, 0.25) is 0 Å². The number of pyridine rings is 1. The SMILES string of the molecule is CN=C(NCCN(C(C)C)C(C)C)NCc1ccnc(N(C)C)c1.I. The molecule has 0 bridgehead atoms. The van der Waals surface area contributed by atoms with Crippen molar-refractivity contribution in [3.8, 4) is 0 Å². The number of guanidine groups is 1. The molecule has 6 nitrogen and oxygen atoms in total. The highest BCUT2D eigenvalue weighted by molar-refractivity contribution is 14.0. The molecule has 25 heavy (non-hydrogen) atoms. The fraction of sp³-hybridized carbons (Fsp3) is 0.667. The summed E-state index contributed by atoms with van der Waals surface area (Å²) in [6.07, 6.45) is 1.84. The molecule has 0 radical (unpaired) electrons.